The van der Waals surface area contributed by atoms with Gasteiger partial charge in [-0.05, 0) is 31.2 Å². The number of nitrogens with zero attached hydrogens (tertiary/aromatic N) is 2. The van der Waals surface area contributed by atoms with Gasteiger partial charge in [-0.1, -0.05) is 6.07 Å². The maximum Gasteiger partial charge on any atom is 0.275 e. The minimum atomic E-state index is -0.284. The van der Waals surface area contributed by atoms with Crippen molar-refractivity contribution in [3.8, 4) is 5.75 Å². The van der Waals surface area contributed by atoms with Crippen molar-refractivity contribution < 1.29 is 9.53 Å². The second-order valence-electron chi connectivity index (χ2n) is 5.10. The van der Waals surface area contributed by atoms with E-state index in [1.165, 1.54) is 0 Å². The van der Waals surface area contributed by atoms with Crippen LogP contribution >= 0.6 is 11.8 Å². The average Bonchev–Trinajstić information content (AvgIpc) is 3.00. The third kappa shape index (κ3) is 3.76. The first-order valence-electron chi connectivity index (χ1n) is 7.16. The minimum absolute atomic E-state index is 0.221. The summed E-state index contributed by atoms with van der Waals surface area (Å²) in [7, 11) is 0. The predicted molar refractivity (Wildman–Crippen MR) is 87.5 cm³/mol. The highest BCUT2D eigenvalue weighted by molar-refractivity contribution is 7.99. The van der Waals surface area contributed by atoms with E-state index >= 15 is 0 Å². The van der Waals surface area contributed by atoms with Crippen LogP contribution < -0.4 is 10.1 Å². The van der Waals surface area contributed by atoms with Gasteiger partial charge in [0.2, 0.25) is 0 Å². The summed E-state index contributed by atoms with van der Waals surface area (Å²) in [5, 5.41) is 2.73. The number of ether oxygens (including phenoxy) is 1. The van der Waals surface area contributed by atoms with Crippen LogP contribution in [0.25, 0.3) is 0 Å². The van der Waals surface area contributed by atoms with Crippen molar-refractivity contribution in [2.45, 2.75) is 19.4 Å². The first-order chi connectivity index (χ1) is 10.7. The Morgan fingerprint density at radius 2 is 2.32 bits per heavy atom. The lowest BCUT2D eigenvalue weighted by molar-refractivity contribution is 0.102. The van der Waals surface area contributed by atoms with Crippen LogP contribution in [0.1, 0.15) is 22.6 Å². The molecule has 1 N–H and O–H groups in total. The van der Waals surface area contributed by atoms with Crippen LogP contribution in [0, 0.1) is 6.92 Å². The zero-order chi connectivity index (χ0) is 15.4. The van der Waals surface area contributed by atoms with E-state index in [4.69, 9.17) is 4.74 Å². The molecule has 2 aromatic heterocycles. The molecule has 22 heavy (non-hydrogen) atoms. The Labute approximate surface area is 133 Å². The second kappa shape index (κ2) is 6.79. The minimum Gasteiger partial charge on any atom is -0.489 e. The normalized spacial score (nSPS) is 17.2. The highest BCUT2D eigenvalue weighted by atomic mass is 32.2. The lowest BCUT2D eigenvalue weighted by Gasteiger charge is -2.13. The molecule has 5 nitrogen and oxygen atoms in total. The fraction of sp³-hybridized carbons (Fsp3) is 0.312. The van der Waals surface area contributed by atoms with Gasteiger partial charge in [0.15, 0.2) is 0 Å². The van der Waals surface area contributed by atoms with Gasteiger partial charge in [-0.25, -0.2) is 9.97 Å². The molecule has 0 radical (unpaired) electrons. The van der Waals surface area contributed by atoms with Crippen molar-refractivity contribution in [2.75, 3.05) is 16.8 Å². The van der Waals surface area contributed by atoms with E-state index in [1.54, 1.807) is 24.4 Å². The molecule has 1 amide bonds. The fourth-order valence-electron chi connectivity index (χ4n) is 2.24. The number of thioether (sulfide) groups is 1. The molecular formula is C16H17N3O2S. The van der Waals surface area contributed by atoms with E-state index in [9.17, 15) is 4.79 Å². The largest absolute Gasteiger partial charge is 0.489 e. The summed E-state index contributed by atoms with van der Waals surface area (Å²) in [6.45, 7) is 1.85. The first-order valence-corrected chi connectivity index (χ1v) is 8.31. The number of rotatable bonds is 4. The molecule has 1 atom stereocenters. The predicted octanol–water partition coefficient (Wildman–Crippen LogP) is 2.92. The molecule has 2 aromatic rings. The Balaban J connectivity index is 1.75. The van der Waals surface area contributed by atoms with Gasteiger partial charge in [-0.3, -0.25) is 4.79 Å². The third-order valence-electron chi connectivity index (χ3n) is 3.26. The molecule has 1 aliphatic rings. The summed E-state index contributed by atoms with van der Waals surface area (Å²) in [6, 6.07) is 8.90. The summed E-state index contributed by atoms with van der Waals surface area (Å²) >= 11 is 1.89. The number of hydrogen-bond donors (Lipinski definition) is 1. The van der Waals surface area contributed by atoms with Crippen LogP contribution in [0.5, 0.6) is 5.75 Å². The SMILES string of the molecule is Cc1cc(OC2CCSC2)cc(C(=O)Nc2ccccn2)n1. The van der Waals surface area contributed by atoms with Gasteiger partial charge < -0.3 is 10.1 Å². The zero-order valence-corrected chi connectivity index (χ0v) is 13.1. The molecule has 1 fully saturated rings. The monoisotopic (exact) mass is 315 g/mol. The van der Waals surface area contributed by atoms with E-state index in [2.05, 4.69) is 15.3 Å². The molecular weight excluding hydrogens is 298 g/mol. The highest BCUT2D eigenvalue weighted by Gasteiger charge is 2.18. The number of hydrogen-bond acceptors (Lipinski definition) is 5. The number of anilines is 1. The van der Waals surface area contributed by atoms with E-state index < -0.39 is 0 Å². The fourth-order valence-corrected chi connectivity index (χ4v) is 3.33. The lowest BCUT2D eigenvalue weighted by Crippen LogP contribution is -2.18. The van der Waals surface area contributed by atoms with Gasteiger partial charge in [-0.2, -0.15) is 11.8 Å². The van der Waals surface area contributed by atoms with Crippen LogP contribution in [-0.4, -0.2) is 33.5 Å². The Hall–Kier alpha value is -2.08. The maximum atomic E-state index is 12.3. The van der Waals surface area contributed by atoms with Gasteiger partial charge in [0, 0.05) is 29.8 Å². The van der Waals surface area contributed by atoms with E-state index in [0.29, 0.717) is 17.3 Å². The molecule has 1 aliphatic heterocycles. The number of carbonyl (C=O) groups is 1. The summed E-state index contributed by atoms with van der Waals surface area (Å²) in [4.78, 5) is 20.6. The summed E-state index contributed by atoms with van der Waals surface area (Å²) < 4.78 is 5.94. The van der Waals surface area contributed by atoms with Crippen LogP contribution in [0.3, 0.4) is 0 Å². The molecule has 3 rings (SSSR count). The topological polar surface area (TPSA) is 64.1 Å². The Bertz CT molecular complexity index is 658. The standard InChI is InChI=1S/C16H17N3O2S/c1-11-8-13(21-12-5-7-22-10-12)9-14(18-11)16(20)19-15-4-2-3-6-17-15/h2-4,6,8-9,12H,5,7,10H2,1H3,(H,17,19,20). The Morgan fingerprint density at radius 3 is 3.05 bits per heavy atom. The summed E-state index contributed by atoms with van der Waals surface area (Å²) in [6.07, 6.45) is 2.89. The number of pyridine rings is 2. The molecule has 114 valence electrons. The molecule has 0 aliphatic carbocycles. The molecule has 3 heterocycles. The Morgan fingerprint density at radius 1 is 1.41 bits per heavy atom. The van der Waals surface area contributed by atoms with Crippen molar-refractivity contribution in [2.24, 2.45) is 0 Å². The number of aromatic nitrogens is 2. The van der Waals surface area contributed by atoms with Gasteiger partial charge in [0.25, 0.3) is 5.91 Å². The van der Waals surface area contributed by atoms with E-state index in [-0.39, 0.29) is 12.0 Å². The number of carbonyl (C=O) groups excluding carboxylic acids is 1. The molecule has 1 saturated heterocycles. The van der Waals surface area contributed by atoms with Crippen LogP contribution in [0.4, 0.5) is 5.82 Å². The number of nitrogens with one attached hydrogen (secondary N) is 1. The van der Waals surface area contributed by atoms with Gasteiger partial charge in [0.05, 0.1) is 0 Å². The number of amides is 1. The molecule has 6 heteroatoms. The smallest absolute Gasteiger partial charge is 0.275 e. The molecule has 0 saturated carbocycles. The van der Waals surface area contributed by atoms with Crippen LogP contribution in [0.15, 0.2) is 36.5 Å². The zero-order valence-electron chi connectivity index (χ0n) is 12.3. The van der Waals surface area contributed by atoms with Crippen molar-refractivity contribution >= 4 is 23.5 Å². The van der Waals surface area contributed by atoms with Crippen LogP contribution in [-0.2, 0) is 0 Å². The summed E-state index contributed by atoms with van der Waals surface area (Å²) in [5.41, 5.74) is 1.10. The van der Waals surface area contributed by atoms with E-state index in [1.807, 2.05) is 30.8 Å². The van der Waals surface area contributed by atoms with Crippen molar-refractivity contribution in [1.82, 2.24) is 9.97 Å². The lowest BCUT2D eigenvalue weighted by atomic mass is 10.2. The molecule has 0 bridgehead atoms. The quantitative estimate of drug-likeness (QED) is 0.940. The molecule has 0 spiro atoms. The van der Waals surface area contributed by atoms with Crippen molar-refractivity contribution in [3.05, 3.63) is 47.9 Å². The van der Waals surface area contributed by atoms with Crippen molar-refractivity contribution in [1.29, 1.82) is 0 Å². The van der Waals surface area contributed by atoms with Crippen molar-refractivity contribution in [3.63, 3.8) is 0 Å². The van der Waals surface area contributed by atoms with Gasteiger partial charge >= 0.3 is 0 Å². The highest BCUT2D eigenvalue weighted by Crippen LogP contribution is 2.24. The first kappa shape index (κ1) is 14.8. The second-order valence-corrected chi connectivity index (χ2v) is 6.25. The van der Waals surface area contributed by atoms with Gasteiger partial charge in [-0.15, -0.1) is 0 Å². The molecule has 1 unspecified atom stereocenters. The van der Waals surface area contributed by atoms with Crippen LogP contribution in [0.2, 0.25) is 0 Å². The van der Waals surface area contributed by atoms with E-state index in [0.717, 1.165) is 23.6 Å². The number of aryl methyl sites for hydroxylation is 1. The van der Waals surface area contributed by atoms with Gasteiger partial charge in [0.1, 0.15) is 23.4 Å². The molecule has 0 aromatic carbocycles. The maximum absolute atomic E-state index is 12.3. The summed E-state index contributed by atoms with van der Waals surface area (Å²) in [5.74, 6) is 3.04. The third-order valence-corrected chi connectivity index (χ3v) is 4.39. The average molecular weight is 315 g/mol. The Kier molecular flexibility index (Phi) is 4.58.